The van der Waals surface area contributed by atoms with Gasteiger partial charge >= 0.3 is 6.03 Å². The van der Waals surface area contributed by atoms with E-state index in [0.717, 1.165) is 29.4 Å². The highest BCUT2D eigenvalue weighted by Crippen LogP contribution is 2.18. The van der Waals surface area contributed by atoms with Gasteiger partial charge in [-0.1, -0.05) is 38.4 Å². The first-order chi connectivity index (χ1) is 11.9. The standard InChI is InChI=1S/C19H24N4OSi/c1-25(2,3)11-10-14-12-17-16(20-13-14)8-9-18(22-17)23-19(24)21-15-6-4-5-7-15/h8-9,12-13,15H,4-7H2,1-3H3,(H2,21,22,23,24). The minimum absolute atomic E-state index is 0.193. The quantitative estimate of drug-likeness (QED) is 0.636. The van der Waals surface area contributed by atoms with Gasteiger partial charge in [0, 0.05) is 17.8 Å². The maximum Gasteiger partial charge on any atom is 0.320 e. The number of aromatic nitrogens is 2. The fourth-order valence-corrected chi connectivity index (χ4v) is 3.33. The zero-order chi connectivity index (χ0) is 17.9. The third kappa shape index (κ3) is 5.04. The van der Waals surface area contributed by atoms with E-state index in [-0.39, 0.29) is 12.1 Å². The summed E-state index contributed by atoms with van der Waals surface area (Å²) in [5.41, 5.74) is 5.72. The summed E-state index contributed by atoms with van der Waals surface area (Å²) in [6, 6.07) is 5.65. The summed E-state index contributed by atoms with van der Waals surface area (Å²) in [5, 5.41) is 5.82. The van der Waals surface area contributed by atoms with E-state index < -0.39 is 8.07 Å². The fourth-order valence-electron chi connectivity index (χ4n) is 2.81. The molecule has 5 nitrogen and oxygen atoms in total. The molecule has 2 N–H and O–H groups in total. The second-order valence-corrected chi connectivity index (χ2v) is 12.3. The van der Waals surface area contributed by atoms with Crippen LogP contribution in [-0.4, -0.2) is 30.1 Å². The lowest BCUT2D eigenvalue weighted by molar-refractivity contribution is 0.248. The number of carbonyl (C=O) groups excluding carboxylic acids is 1. The Bertz CT molecular complexity index is 842. The number of urea groups is 1. The summed E-state index contributed by atoms with van der Waals surface area (Å²) in [7, 11) is -1.43. The van der Waals surface area contributed by atoms with Gasteiger partial charge in [-0.3, -0.25) is 10.3 Å². The van der Waals surface area contributed by atoms with Crippen molar-refractivity contribution < 1.29 is 4.79 Å². The third-order valence-corrected chi connectivity index (χ3v) is 4.93. The van der Waals surface area contributed by atoms with Crippen LogP contribution >= 0.6 is 0 Å². The van der Waals surface area contributed by atoms with Crippen LogP contribution in [0.15, 0.2) is 24.4 Å². The molecule has 0 spiro atoms. The van der Waals surface area contributed by atoms with Crippen LogP contribution in [0, 0.1) is 11.5 Å². The van der Waals surface area contributed by atoms with Gasteiger partial charge in [0.05, 0.1) is 11.0 Å². The Morgan fingerprint density at radius 3 is 2.68 bits per heavy atom. The Morgan fingerprint density at radius 2 is 1.96 bits per heavy atom. The molecule has 2 heterocycles. The van der Waals surface area contributed by atoms with Gasteiger partial charge in [-0.2, -0.15) is 0 Å². The maximum absolute atomic E-state index is 12.1. The van der Waals surface area contributed by atoms with Crippen LogP contribution in [0.3, 0.4) is 0 Å². The number of amides is 2. The SMILES string of the molecule is C[Si](C)(C)C#Cc1cnc2ccc(NC(=O)NC3CCCC3)nc2c1. The second kappa shape index (κ2) is 7.24. The van der Waals surface area contributed by atoms with Gasteiger partial charge in [0.1, 0.15) is 13.9 Å². The lowest BCUT2D eigenvalue weighted by Crippen LogP contribution is -2.36. The number of anilines is 1. The van der Waals surface area contributed by atoms with Crippen LogP contribution in [0.1, 0.15) is 31.2 Å². The van der Waals surface area contributed by atoms with Gasteiger partial charge in [-0.15, -0.1) is 5.54 Å². The molecule has 2 aromatic rings. The molecule has 1 aliphatic carbocycles. The smallest absolute Gasteiger partial charge is 0.320 e. The number of rotatable bonds is 2. The Labute approximate surface area is 149 Å². The molecule has 0 radical (unpaired) electrons. The second-order valence-electron chi connectivity index (χ2n) is 7.54. The molecule has 1 saturated carbocycles. The monoisotopic (exact) mass is 352 g/mol. The number of hydrogen-bond acceptors (Lipinski definition) is 3. The highest BCUT2D eigenvalue weighted by atomic mass is 28.3. The first-order valence-corrected chi connectivity index (χ1v) is 12.3. The summed E-state index contributed by atoms with van der Waals surface area (Å²) < 4.78 is 0. The van der Waals surface area contributed by atoms with Gasteiger partial charge in [0.15, 0.2) is 0 Å². The Morgan fingerprint density at radius 1 is 1.20 bits per heavy atom. The molecule has 6 heteroatoms. The van der Waals surface area contributed by atoms with Gasteiger partial charge in [0.2, 0.25) is 0 Å². The first-order valence-electron chi connectivity index (χ1n) is 8.77. The molecule has 0 aliphatic heterocycles. The lowest BCUT2D eigenvalue weighted by Gasteiger charge is -2.12. The minimum Gasteiger partial charge on any atom is -0.335 e. The van der Waals surface area contributed by atoms with E-state index in [2.05, 4.69) is 51.7 Å². The molecule has 130 valence electrons. The van der Waals surface area contributed by atoms with Crippen LogP contribution in [-0.2, 0) is 0 Å². The zero-order valence-corrected chi connectivity index (χ0v) is 16.0. The van der Waals surface area contributed by atoms with Crippen LogP contribution < -0.4 is 10.6 Å². The number of hydrogen-bond donors (Lipinski definition) is 2. The van der Waals surface area contributed by atoms with Crippen LogP contribution in [0.5, 0.6) is 0 Å². The molecule has 25 heavy (non-hydrogen) atoms. The minimum atomic E-state index is -1.43. The van der Waals surface area contributed by atoms with Crippen molar-refractivity contribution in [3.05, 3.63) is 30.0 Å². The first kappa shape index (κ1) is 17.4. The van der Waals surface area contributed by atoms with Crippen molar-refractivity contribution in [2.24, 2.45) is 0 Å². The Balaban J connectivity index is 1.75. The number of pyridine rings is 2. The van der Waals surface area contributed by atoms with Crippen molar-refractivity contribution in [3.63, 3.8) is 0 Å². The highest BCUT2D eigenvalue weighted by molar-refractivity contribution is 6.83. The molecule has 0 bridgehead atoms. The van der Waals surface area contributed by atoms with E-state index in [1.165, 1.54) is 12.8 Å². The summed E-state index contributed by atoms with van der Waals surface area (Å²) in [5.74, 6) is 3.72. The molecule has 1 fully saturated rings. The van der Waals surface area contributed by atoms with Crippen molar-refractivity contribution in [1.29, 1.82) is 0 Å². The fraction of sp³-hybridized carbons (Fsp3) is 0.421. The van der Waals surface area contributed by atoms with Gasteiger partial charge in [-0.05, 0) is 31.0 Å². The summed E-state index contributed by atoms with van der Waals surface area (Å²) >= 11 is 0. The number of nitrogens with zero attached hydrogens (tertiary/aromatic N) is 2. The molecular formula is C19H24N4OSi. The average Bonchev–Trinajstić information content (AvgIpc) is 3.04. The van der Waals surface area contributed by atoms with Crippen molar-refractivity contribution in [2.75, 3.05) is 5.32 Å². The van der Waals surface area contributed by atoms with Gasteiger partial charge < -0.3 is 5.32 Å². The molecule has 2 aromatic heterocycles. The third-order valence-electron chi connectivity index (χ3n) is 4.05. The Hall–Kier alpha value is -2.39. The van der Waals surface area contributed by atoms with E-state index >= 15 is 0 Å². The van der Waals surface area contributed by atoms with E-state index in [4.69, 9.17) is 0 Å². The summed E-state index contributed by atoms with van der Waals surface area (Å²) in [4.78, 5) is 21.0. The van der Waals surface area contributed by atoms with Gasteiger partial charge in [-0.25, -0.2) is 9.78 Å². The topological polar surface area (TPSA) is 66.9 Å². The zero-order valence-electron chi connectivity index (χ0n) is 15.0. The summed E-state index contributed by atoms with van der Waals surface area (Å²) in [6.45, 7) is 6.62. The normalized spacial score (nSPS) is 14.8. The average molecular weight is 353 g/mol. The van der Waals surface area contributed by atoms with E-state index in [0.29, 0.717) is 5.82 Å². The highest BCUT2D eigenvalue weighted by Gasteiger charge is 2.17. The van der Waals surface area contributed by atoms with Crippen molar-refractivity contribution in [1.82, 2.24) is 15.3 Å². The predicted octanol–water partition coefficient (Wildman–Crippen LogP) is 3.92. The Kier molecular flexibility index (Phi) is 5.05. The lowest BCUT2D eigenvalue weighted by atomic mass is 10.2. The number of carbonyl (C=O) groups is 1. The molecule has 3 rings (SSSR count). The summed E-state index contributed by atoms with van der Waals surface area (Å²) in [6.07, 6.45) is 6.26. The molecule has 0 atom stereocenters. The van der Waals surface area contributed by atoms with Crippen LogP contribution in [0.25, 0.3) is 11.0 Å². The van der Waals surface area contributed by atoms with Crippen LogP contribution in [0.2, 0.25) is 19.6 Å². The molecule has 0 saturated heterocycles. The van der Waals surface area contributed by atoms with Crippen molar-refractivity contribution in [2.45, 2.75) is 51.4 Å². The number of nitrogens with one attached hydrogen (secondary N) is 2. The maximum atomic E-state index is 12.1. The van der Waals surface area contributed by atoms with Crippen molar-refractivity contribution >= 4 is 31.0 Å². The van der Waals surface area contributed by atoms with Crippen molar-refractivity contribution in [3.8, 4) is 11.5 Å². The van der Waals surface area contributed by atoms with Gasteiger partial charge in [0.25, 0.3) is 0 Å². The predicted molar refractivity (Wildman–Crippen MR) is 104 cm³/mol. The van der Waals surface area contributed by atoms with E-state index in [9.17, 15) is 4.79 Å². The molecule has 2 amide bonds. The molecule has 0 unspecified atom stereocenters. The van der Waals surface area contributed by atoms with Crippen LogP contribution in [0.4, 0.5) is 10.6 Å². The van der Waals surface area contributed by atoms with E-state index in [1.54, 1.807) is 12.3 Å². The number of fused-ring (bicyclic) bond motifs is 1. The molecule has 1 aliphatic rings. The largest absolute Gasteiger partial charge is 0.335 e. The molecular weight excluding hydrogens is 328 g/mol. The van der Waals surface area contributed by atoms with E-state index in [1.807, 2.05) is 12.1 Å². The molecule has 0 aromatic carbocycles.